The summed E-state index contributed by atoms with van der Waals surface area (Å²) in [6.07, 6.45) is 2.10. The Hall–Kier alpha value is -2.01. The van der Waals surface area contributed by atoms with Gasteiger partial charge in [0.05, 0.1) is 20.0 Å². The zero-order chi connectivity index (χ0) is 14.1. The number of nitrogens with zero attached hydrogens (tertiary/aromatic N) is 2. The highest BCUT2D eigenvalue weighted by Gasteiger charge is 2.23. The number of para-hydroxylation sites is 1. The van der Waals surface area contributed by atoms with Crippen molar-refractivity contribution in [3.05, 3.63) is 51.7 Å². The molecule has 0 fully saturated rings. The van der Waals surface area contributed by atoms with E-state index < -0.39 is 0 Å². The van der Waals surface area contributed by atoms with Crippen molar-refractivity contribution >= 4 is 11.6 Å². The molecule has 104 valence electrons. The molecule has 1 aromatic heterocycles. The molecule has 0 bridgehead atoms. The van der Waals surface area contributed by atoms with Crippen LogP contribution in [0.25, 0.3) is 0 Å². The molecule has 0 spiro atoms. The van der Waals surface area contributed by atoms with E-state index in [0.29, 0.717) is 6.54 Å². The van der Waals surface area contributed by atoms with Gasteiger partial charge in [0.15, 0.2) is 5.15 Å². The average Bonchev–Trinajstić information content (AvgIpc) is 2.85. The molecule has 6 heteroatoms. The Balaban J connectivity index is 1.82. The average molecular weight is 293 g/mol. The minimum absolute atomic E-state index is 0.0599. The molecule has 1 aromatic carbocycles. The van der Waals surface area contributed by atoms with Gasteiger partial charge in [0.1, 0.15) is 11.9 Å². The van der Waals surface area contributed by atoms with E-state index in [2.05, 4.69) is 4.98 Å². The van der Waals surface area contributed by atoms with Crippen LogP contribution in [-0.4, -0.2) is 22.8 Å². The minimum atomic E-state index is -0.299. The van der Waals surface area contributed by atoms with Crippen molar-refractivity contribution in [2.45, 2.75) is 19.1 Å². The fourth-order valence-electron chi connectivity index (χ4n) is 2.33. The van der Waals surface area contributed by atoms with E-state index in [1.54, 1.807) is 0 Å². The van der Waals surface area contributed by atoms with Crippen LogP contribution < -0.4 is 15.0 Å². The zero-order valence-corrected chi connectivity index (χ0v) is 11.6. The van der Waals surface area contributed by atoms with Crippen LogP contribution >= 0.6 is 11.6 Å². The van der Waals surface area contributed by atoms with E-state index in [0.717, 1.165) is 17.7 Å². The van der Waals surface area contributed by atoms with E-state index in [1.165, 1.54) is 18.0 Å². The van der Waals surface area contributed by atoms with E-state index in [9.17, 15) is 4.79 Å². The molecule has 0 amide bonds. The Kier molecular flexibility index (Phi) is 3.36. The lowest BCUT2D eigenvalue weighted by Crippen LogP contribution is -2.30. The highest BCUT2D eigenvalue weighted by atomic mass is 35.5. The molecule has 2 aromatic rings. The van der Waals surface area contributed by atoms with Gasteiger partial charge in [-0.05, 0) is 11.6 Å². The second-order valence-corrected chi connectivity index (χ2v) is 4.94. The summed E-state index contributed by atoms with van der Waals surface area (Å²) in [5.41, 5.74) is 0.853. The molecule has 5 nitrogen and oxygen atoms in total. The third kappa shape index (κ3) is 2.25. The molecular formula is C14H13ClN2O3. The lowest BCUT2D eigenvalue weighted by Gasteiger charge is -2.13. The van der Waals surface area contributed by atoms with Gasteiger partial charge in [0.2, 0.25) is 5.75 Å². The molecule has 0 N–H and O–H groups in total. The third-order valence-corrected chi connectivity index (χ3v) is 3.54. The maximum Gasteiger partial charge on any atom is 0.297 e. The van der Waals surface area contributed by atoms with Crippen LogP contribution in [-0.2, 0) is 13.0 Å². The molecule has 1 aliphatic heterocycles. The van der Waals surface area contributed by atoms with Crippen LogP contribution in [0.3, 0.4) is 0 Å². The van der Waals surface area contributed by atoms with Crippen molar-refractivity contribution < 1.29 is 9.47 Å². The lowest BCUT2D eigenvalue weighted by atomic mass is 10.1. The van der Waals surface area contributed by atoms with Crippen LogP contribution in [0.2, 0.25) is 5.15 Å². The zero-order valence-electron chi connectivity index (χ0n) is 10.9. The van der Waals surface area contributed by atoms with Crippen LogP contribution in [0.1, 0.15) is 5.56 Å². The van der Waals surface area contributed by atoms with Crippen molar-refractivity contribution in [3.8, 4) is 11.5 Å². The standard InChI is InChI=1S/C14H13ClN2O3/c1-19-12-13(15)16-8-17(14(12)18)7-10-6-9-4-2-3-5-11(9)20-10/h2-5,8,10H,6-7H2,1H3. The number of hydrogen-bond acceptors (Lipinski definition) is 4. The van der Waals surface area contributed by atoms with Crippen molar-refractivity contribution in [1.29, 1.82) is 0 Å². The quantitative estimate of drug-likeness (QED) is 0.811. The Bertz CT molecular complexity index is 674. The molecule has 1 atom stereocenters. The number of halogens is 1. The first-order chi connectivity index (χ1) is 9.69. The Morgan fingerprint density at radius 3 is 3.05 bits per heavy atom. The summed E-state index contributed by atoms with van der Waals surface area (Å²) in [7, 11) is 1.40. The fourth-order valence-corrected chi connectivity index (χ4v) is 2.53. The highest BCUT2D eigenvalue weighted by molar-refractivity contribution is 6.30. The first-order valence-electron chi connectivity index (χ1n) is 6.22. The van der Waals surface area contributed by atoms with E-state index >= 15 is 0 Å². The third-order valence-electron chi connectivity index (χ3n) is 3.27. The number of benzene rings is 1. The number of ether oxygens (including phenoxy) is 2. The molecule has 0 saturated heterocycles. The molecule has 1 aliphatic rings. The molecule has 3 rings (SSSR count). The Morgan fingerprint density at radius 1 is 1.50 bits per heavy atom. The van der Waals surface area contributed by atoms with Crippen molar-refractivity contribution in [1.82, 2.24) is 9.55 Å². The predicted molar refractivity (Wildman–Crippen MR) is 74.6 cm³/mol. The van der Waals surface area contributed by atoms with Gasteiger partial charge in [-0.3, -0.25) is 9.36 Å². The monoisotopic (exact) mass is 292 g/mol. The fraction of sp³-hybridized carbons (Fsp3) is 0.286. The largest absolute Gasteiger partial charge is 0.489 e. The molecule has 0 saturated carbocycles. The first kappa shape index (κ1) is 13.0. The van der Waals surface area contributed by atoms with Crippen molar-refractivity contribution in [3.63, 3.8) is 0 Å². The molecule has 20 heavy (non-hydrogen) atoms. The SMILES string of the molecule is COc1c(Cl)ncn(CC2Cc3ccccc3O2)c1=O. The van der Waals surface area contributed by atoms with Crippen LogP contribution in [0.4, 0.5) is 0 Å². The summed E-state index contributed by atoms with van der Waals surface area (Å²) < 4.78 is 12.2. The normalized spacial score (nSPS) is 16.6. The molecule has 2 heterocycles. The van der Waals surface area contributed by atoms with E-state index in [4.69, 9.17) is 21.1 Å². The Labute approximate surface area is 120 Å². The minimum Gasteiger partial charge on any atom is -0.489 e. The maximum absolute atomic E-state index is 12.1. The summed E-state index contributed by atoms with van der Waals surface area (Å²) in [5.74, 6) is 0.934. The van der Waals surface area contributed by atoms with E-state index in [1.807, 2.05) is 24.3 Å². The topological polar surface area (TPSA) is 53.4 Å². The van der Waals surface area contributed by atoms with Crippen LogP contribution in [0.5, 0.6) is 11.5 Å². The highest BCUT2D eigenvalue weighted by Crippen LogP contribution is 2.28. The number of rotatable bonds is 3. The van der Waals surface area contributed by atoms with Gasteiger partial charge in [-0.25, -0.2) is 4.98 Å². The van der Waals surface area contributed by atoms with Gasteiger partial charge in [-0.2, -0.15) is 0 Å². The van der Waals surface area contributed by atoms with Gasteiger partial charge < -0.3 is 9.47 Å². The second kappa shape index (κ2) is 5.17. The van der Waals surface area contributed by atoms with Gasteiger partial charge in [-0.15, -0.1) is 0 Å². The van der Waals surface area contributed by atoms with Gasteiger partial charge in [0.25, 0.3) is 5.56 Å². The number of hydrogen-bond donors (Lipinski definition) is 0. The van der Waals surface area contributed by atoms with E-state index in [-0.39, 0.29) is 22.6 Å². The summed E-state index contributed by atoms with van der Waals surface area (Å²) in [6, 6.07) is 7.86. The van der Waals surface area contributed by atoms with Gasteiger partial charge >= 0.3 is 0 Å². The summed E-state index contributed by atoms with van der Waals surface area (Å²) in [6.45, 7) is 0.411. The second-order valence-electron chi connectivity index (χ2n) is 4.58. The molecular weight excluding hydrogens is 280 g/mol. The van der Waals surface area contributed by atoms with Gasteiger partial charge in [-0.1, -0.05) is 29.8 Å². The number of fused-ring (bicyclic) bond motifs is 1. The smallest absolute Gasteiger partial charge is 0.297 e. The van der Waals surface area contributed by atoms with Crippen LogP contribution in [0, 0.1) is 0 Å². The summed E-state index contributed by atoms with van der Waals surface area (Å²) >= 11 is 5.81. The van der Waals surface area contributed by atoms with Crippen molar-refractivity contribution in [2.75, 3.05) is 7.11 Å². The number of methoxy groups -OCH3 is 1. The molecule has 0 radical (unpaired) electrons. The first-order valence-corrected chi connectivity index (χ1v) is 6.60. The molecule has 0 aliphatic carbocycles. The van der Waals surface area contributed by atoms with Gasteiger partial charge in [0, 0.05) is 6.42 Å². The maximum atomic E-state index is 12.1. The summed E-state index contributed by atoms with van der Waals surface area (Å²) in [4.78, 5) is 16.1. The van der Waals surface area contributed by atoms with Crippen molar-refractivity contribution in [2.24, 2.45) is 0 Å². The Morgan fingerprint density at radius 2 is 2.30 bits per heavy atom. The summed E-state index contributed by atoms with van der Waals surface area (Å²) in [5, 5.41) is 0.0735. The predicted octanol–water partition coefficient (Wildman–Crippen LogP) is 1.91. The number of aromatic nitrogens is 2. The van der Waals surface area contributed by atoms with Crippen LogP contribution in [0.15, 0.2) is 35.4 Å². The molecule has 1 unspecified atom stereocenters. The lowest BCUT2D eigenvalue weighted by molar-refractivity contribution is 0.206.